The summed E-state index contributed by atoms with van der Waals surface area (Å²) in [5.41, 5.74) is 0. The number of nitrogens with zero attached hydrogens (tertiary/aromatic N) is 1. The highest BCUT2D eigenvalue weighted by atomic mass is 19.1. The number of hydrogen-bond donors (Lipinski definition) is 0. The molecule has 1 unspecified atom stereocenters. The number of benzene rings is 1. The lowest BCUT2D eigenvalue weighted by atomic mass is 10.2. The van der Waals surface area contributed by atoms with Gasteiger partial charge in [0.2, 0.25) is 0 Å². The lowest BCUT2D eigenvalue weighted by Gasteiger charge is -2.24. The van der Waals surface area contributed by atoms with E-state index < -0.39 is 6.10 Å². The van der Waals surface area contributed by atoms with Crippen LogP contribution in [0.2, 0.25) is 0 Å². The van der Waals surface area contributed by atoms with E-state index in [1.165, 1.54) is 25.0 Å². The molecule has 1 fully saturated rings. The minimum Gasteiger partial charge on any atom is -0.481 e. The van der Waals surface area contributed by atoms with Crippen molar-refractivity contribution in [1.29, 1.82) is 0 Å². The molecule has 1 aliphatic rings. The van der Waals surface area contributed by atoms with E-state index in [1.54, 1.807) is 19.1 Å². The lowest BCUT2D eigenvalue weighted by molar-refractivity contribution is -0.137. The second-order valence-electron chi connectivity index (χ2n) is 4.96. The van der Waals surface area contributed by atoms with Gasteiger partial charge in [0.25, 0.3) is 5.91 Å². The first kappa shape index (κ1) is 13.8. The molecule has 3 nitrogen and oxygen atoms in total. The van der Waals surface area contributed by atoms with Gasteiger partial charge in [-0.05, 0) is 31.9 Å². The first-order valence-electron chi connectivity index (χ1n) is 6.88. The summed E-state index contributed by atoms with van der Waals surface area (Å²) in [5.74, 6) is 0.0359. The SMILES string of the molecule is CC(Oc1cccc(F)c1)C(=O)N1CCCCCC1. The van der Waals surface area contributed by atoms with E-state index in [9.17, 15) is 9.18 Å². The van der Waals surface area contributed by atoms with Gasteiger partial charge in [-0.3, -0.25) is 4.79 Å². The Morgan fingerprint density at radius 1 is 1.26 bits per heavy atom. The quantitative estimate of drug-likeness (QED) is 0.841. The molecule has 1 aromatic rings. The fourth-order valence-electron chi connectivity index (χ4n) is 2.34. The fourth-order valence-corrected chi connectivity index (χ4v) is 2.34. The third-order valence-electron chi connectivity index (χ3n) is 3.37. The van der Waals surface area contributed by atoms with E-state index in [2.05, 4.69) is 0 Å². The summed E-state index contributed by atoms with van der Waals surface area (Å²) in [4.78, 5) is 14.1. The van der Waals surface area contributed by atoms with Crippen LogP contribution in [0.1, 0.15) is 32.6 Å². The molecule has 2 rings (SSSR count). The van der Waals surface area contributed by atoms with Crippen LogP contribution in [0, 0.1) is 5.82 Å². The molecule has 1 aliphatic heterocycles. The van der Waals surface area contributed by atoms with Gasteiger partial charge in [0.05, 0.1) is 0 Å². The highest BCUT2D eigenvalue weighted by molar-refractivity contribution is 5.80. The lowest BCUT2D eigenvalue weighted by Crippen LogP contribution is -2.41. The minimum atomic E-state index is -0.570. The molecule has 1 saturated heterocycles. The first-order chi connectivity index (χ1) is 9.16. The van der Waals surface area contributed by atoms with E-state index in [-0.39, 0.29) is 11.7 Å². The zero-order valence-electron chi connectivity index (χ0n) is 11.3. The van der Waals surface area contributed by atoms with E-state index in [0.29, 0.717) is 5.75 Å². The number of carbonyl (C=O) groups is 1. The summed E-state index contributed by atoms with van der Waals surface area (Å²) >= 11 is 0. The molecule has 0 spiro atoms. The Balaban J connectivity index is 1.94. The Labute approximate surface area is 113 Å². The third kappa shape index (κ3) is 3.94. The molecule has 0 saturated carbocycles. The zero-order valence-corrected chi connectivity index (χ0v) is 11.3. The molecule has 0 aliphatic carbocycles. The number of hydrogen-bond acceptors (Lipinski definition) is 2. The smallest absolute Gasteiger partial charge is 0.263 e. The number of halogens is 1. The van der Waals surface area contributed by atoms with Gasteiger partial charge in [-0.15, -0.1) is 0 Å². The van der Waals surface area contributed by atoms with Crippen LogP contribution in [0.3, 0.4) is 0 Å². The highest BCUT2D eigenvalue weighted by Gasteiger charge is 2.22. The highest BCUT2D eigenvalue weighted by Crippen LogP contribution is 2.16. The van der Waals surface area contributed by atoms with Gasteiger partial charge < -0.3 is 9.64 Å². The maximum absolute atomic E-state index is 13.1. The van der Waals surface area contributed by atoms with Crippen molar-refractivity contribution in [2.24, 2.45) is 0 Å². The molecule has 104 valence electrons. The topological polar surface area (TPSA) is 29.5 Å². The van der Waals surface area contributed by atoms with Crippen LogP contribution >= 0.6 is 0 Å². The van der Waals surface area contributed by atoms with E-state index >= 15 is 0 Å². The minimum absolute atomic E-state index is 0.00818. The number of ether oxygens (including phenoxy) is 1. The Morgan fingerprint density at radius 2 is 1.95 bits per heavy atom. The van der Waals surface area contributed by atoms with Gasteiger partial charge in [0, 0.05) is 19.2 Å². The molecule has 4 heteroatoms. The maximum Gasteiger partial charge on any atom is 0.263 e. The van der Waals surface area contributed by atoms with Crippen molar-refractivity contribution >= 4 is 5.91 Å². The third-order valence-corrected chi connectivity index (χ3v) is 3.37. The summed E-state index contributed by atoms with van der Waals surface area (Å²) in [6, 6.07) is 5.89. The van der Waals surface area contributed by atoms with Crippen LogP contribution in [0.15, 0.2) is 24.3 Å². The predicted molar refractivity (Wildman–Crippen MR) is 71.5 cm³/mol. The van der Waals surface area contributed by atoms with Crippen LogP contribution < -0.4 is 4.74 Å². The summed E-state index contributed by atoms with van der Waals surface area (Å²) < 4.78 is 18.6. The standard InChI is InChI=1S/C15H20FNO2/c1-12(19-14-8-6-7-13(16)11-14)15(18)17-9-4-2-3-5-10-17/h6-8,11-12H,2-5,9-10H2,1H3. The van der Waals surface area contributed by atoms with E-state index in [1.807, 2.05) is 4.90 Å². The Morgan fingerprint density at radius 3 is 2.58 bits per heavy atom. The molecule has 0 N–H and O–H groups in total. The Kier molecular flexibility index (Phi) is 4.77. The number of amides is 1. The van der Waals surface area contributed by atoms with Crippen LogP contribution in [-0.4, -0.2) is 30.0 Å². The van der Waals surface area contributed by atoms with Gasteiger partial charge in [-0.1, -0.05) is 18.9 Å². The first-order valence-corrected chi connectivity index (χ1v) is 6.88. The fraction of sp³-hybridized carbons (Fsp3) is 0.533. The molecule has 19 heavy (non-hydrogen) atoms. The van der Waals surface area contributed by atoms with E-state index in [0.717, 1.165) is 25.9 Å². The predicted octanol–water partition coefficient (Wildman–Crippen LogP) is 3.00. The number of carbonyl (C=O) groups excluding carboxylic acids is 1. The van der Waals surface area contributed by atoms with Crippen LogP contribution in [0.5, 0.6) is 5.75 Å². The molecule has 1 atom stereocenters. The number of likely N-dealkylation sites (tertiary alicyclic amines) is 1. The molecule has 0 aromatic heterocycles. The van der Waals surface area contributed by atoms with Gasteiger partial charge in [-0.2, -0.15) is 0 Å². The molecular formula is C15H20FNO2. The van der Waals surface area contributed by atoms with Gasteiger partial charge in [-0.25, -0.2) is 4.39 Å². The Hall–Kier alpha value is -1.58. The summed E-state index contributed by atoms with van der Waals surface area (Å²) in [6.45, 7) is 3.32. The normalized spacial score (nSPS) is 17.7. The second kappa shape index (κ2) is 6.55. The van der Waals surface area contributed by atoms with E-state index in [4.69, 9.17) is 4.74 Å². The van der Waals surface area contributed by atoms with Gasteiger partial charge >= 0.3 is 0 Å². The van der Waals surface area contributed by atoms with Crippen molar-refractivity contribution in [3.63, 3.8) is 0 Å². The van der Waals surface area contributed by atoms with Crippen molar-refractivity contribution in [3.8, 4) is 5.75 Å². The molecule has 1 aromatic carbocycles. The molecule has 0 bridgehead atoms. The average molecular weight is 265 g/mol. The second-order valence-corrected chi connectivity index (χ2v) is 4.96. The largest absolute Gasteiger partial charge is 0.481 e. The monoisotopic (exact) mass is 265 g/mol. The van der Waals surface area contributed by atoms with Crippen molar-refractivity contribution in [2.75, 3.05) is 13.1 Å². The summed E-state index contributed by atoms with van der Waals surface area (Å²) in [5, 5.41) is 0. The molecule has 0 radical (unpaired) electrons. The van der Waals surface area contributed by atoms with Crippen LogP contribution in [0.4, 0.5) is 4.39 Å². The molecule has 1 amide bonds. The summed E-state index contributed by atoms with van der Waals surface area (Å²) in [7, 11) is 0. The zero-order chi connectivity index (χ0) is 13.7. The van der Waals surface area contributed by atoms with Gasteiger partial charge in [0.15, 0.2) is 6.10 Å². The Bertz CT molecular complexity index is 428. The van der Waals surface area contributed by atoms with Crippen molar-refractivity contribution in [3.05, 3.63) is 30.1 Å². The average Bonchev–Trinajstić information content (AvgIpc) is 2.66. The van der Waals surface area contributed by atoms with Crippen LogP contribution in [0.25, 0.3) is 0 Å². The van der Waals surface area contributed by atoms with Crippen molar-refractivity contribution < 1.29 is 13.9 Å². The molecular weight excluding hydrogens is 245 g/mol. The van der Waals surface area contributed by atoms with Crippen LogP contribution in [-0.2, 0) is 4.79 Å². The van der Waals surface area contributed by atoms with Crippen molar-refractivity contribution in [1.82, 2.24) is 4.90 Å². The number of rotatable bonds is 3. The molecule has 1 heterocycles. The summed E-state index contributed by atoms with van der Waals surface area (Å²) in [6.07, 6.45) is 3.91. The van der Waals surface area contributed by atoms with Crippen molar-refractivity contribution in [2.45, 2.75) is 38.7 Å². The maximum atomic E-state index is 13.1. The van der Waals surface area contributed by atoms with Gasteiger partial charge in [0.1, 0.15) is 11.6 Å².